The molecule has 0 saturated heterocycles. The number of para-hydroxylation sites is 1. The molecule has 4 aromatic rings. The summed E-state index contributed by atoms with van der Waals surface area (Å²) in [6.45, 7) is 1.34. The number of thiazole rings is 1. The molecule has 4 rings (SSSR count). The SMILES string of the molecule is COc1cc(/C=N/NC(=O)CSc2nc3ccccc3s2)cc(Cl)c1OS(=O)(=O)c1ccc(NC(C)=O)cc1. The molecule has 0 unspecified atom stereocenters. The topological polar surface area (TPSA) is 136 Å². The Kier molecular flexibility index (Phi) is 9.07. The quantitative estimate of drug-likeness (QED) is 0.113. The van der Waals surface area contributed by atoms with Crippen molar-refractivity contribution >= 4 is 78.8 Å². The maximum absolute atomic E-state index is 12.8. The van der Waals surface area contributed by atoms with Crippen LogP contribution in [0.4, 0.5) is 5.69 Å². The molecule has 2 N–H and O–H groups in total. The summed E-state index contributed by atoms with van der Waals surface area (Å²) in [6, 6.07) is 16.1. The van der Waals surface area contributed by atoms with Gasteiger partial charge in [-0.3, -0.25) is 9.59 Å². The number of hydrazone groups is 1. The Morgan fingerprint density at radius 3 is 2.59 bits per heavy atom. The third kappa shape index (κ3) is 7.47. The van der Waals surface area contributed by atoms with Gasteiger partial charge in [-0.25, -0.2) is 10.4 Å². The van der Waals surface area contributed by atoms with Crippen molar-refractivity contribution in [2.45, 2.75) is 16.2 Å². The number of methoxy groups -OCH3 is 1. The minimum absolute atomic E-state index is 0.0418. The Balaban J connectivity index is 1.39. The van der Waals surface area contributed by atoms with Gasteiger partial charge < -0.3 is 14.2 Å². The monoisotopic (exact) mass is 604 g/mol. The Labute approximate surface area is 237 Å². The molecule has 10 nitrogen and oxygen atoms in total. The zero-order valence-electron chi connectivity index (χ0n) is 20.5. The molecular formula is C25H21ClN4O6S3. The lowest BCUT2D eigenvalue weighted by Gasteiger charge is -2.13. The van der Waals surface area contributed by atoms with Crippen molar-refractivity contribution in [3.05, 3.63) is 71.2 Å². The van der Waals surface area contributed by atoms with Crippen molar-refractivity contribution in [3.8, 4) is 11.5 Å². The van der Waals surface area contributed by atoms with Gasteiger partial charge in [0.25, 0.3) is 5.91 Å². The van der Waals surface area contributed by atoms with E-state index in [-0.39, 0.29) is 39.0 Å². The van der Waals surface area contributed by atoms with Crippen LogP contribution < -0.4 is 19.7 Å². The van der Waals surface area contributed by atoms with Crippen LogP contribution in [0.3, 0.4) is 0 Å². The highest BCUT2D eigenvalue weighted by Crippen LogP contribution is 2.38. The normalized spacial score (nSPS) is 11.5. The van der Waals surface area contributed by atoms with Crippen LogP contribution in [0.2, 0.25) is 5.02 Å². The molecule has 0 aliphatic carbocycles. The lowest BCUT2D eigenvalue weighted by Crippen LogP contribution is -2.19. The number of rotatable bonds is 10. The maximum Gasteiger partial charge on any atom is 0.339 e. The van der Waals surface area contributed by atoms with E-state index < -0.39 is 10.1 Å². The number of benzene rings is 3. The first kappa shape index (κ1) is 28.4. The van der Waals surface area contributed by atoms with Crippen LogP contribution in [-0.2, 0) is 19.7 Å². The van der Waals surface area contributed by atoms with Gasteiger partial charge in [0.1, 0.15) is 4.90 Å². The second-order valence-corrected chi connectivity index (χ2v) is 12.0. The van der Waals surface area contributed by atoms with Crippen molar-refractivity contribution < 1.29 is 26.9 Å². The first-order valence-electron chi connectivity index (χ1n) is 11.1. The number of nitrogens with zero attached hydrogens (tertiary/aromatic N) is 2. The Morgan fingerprint density at radius 1 is 1.15 bits per heavy atom. The van der Waals surface area contributed by atoms with Gasteiger partial charge in [0.05, 0.1) is 34.3 Å². The molecule has 0 bridgehead atoms. The average Bonchev–Trinajstić information content (AvgIpc) is 3.32. The number of amides is 2. The fraction of sp³-hybridized carbons (Fsp3) is 0.120. The van der Waals surface area contributed by atoms with Gasteiger partial charge in [-0.05, 0) is 54.1 Å². The molecule has 0 aliphatic heterocycles. The van der Waals surface area contributed by atoms with Gasteiger partial charge >= 0.3 is 10.1 Å². The zero-order valence-corrected chi connectivity index (χ0v) is 23.7. The average molecular weight is 605 g/mol. The molecule has 202 valence electrons. The minimum atomic E-state index is -4.27. The minimum Gasteiger partial charge on any atom is -0.493 e. The molecule has 2 amide bonds. The summed E-state index contributed by atoms with van der Waals surface area (Å²) in [6.07, 6.45) is 1.34. The van der Waals surface area contributed by atoms with Crippen LogP contribution in [0, 0.1) is 0 Å². The van der Waals surface area contributed by atoms with Crippen LogP contribution in [-0.4, -0.2) is 44.3 Å². The highest BCUT2D eigenvalue weighted by atomic mass is 35.5. The van der Waals surface area contributed by atoms with Crippen LogP contribution in [0.25, 0.3) is 10.2 Å². The fourth-order valence-electron chi connectivity index (χ4n) is 3.21. The lowest BCUT2D eigenvalue weighted by molar-refractivity contribution is -0.118. The highest BCUT2D eigenvalue weighted by molar-refractivity contribution is 8.01. The van der Waals surface area contributed by atoms with Crippen molar-refractivity contribution in [3.63, 3.8) is 0 Å². The summed E-state index contributed by atoms with van der Waals surface area (Å²) >= 11 is 9.12. The smallest absolute Gasteiger partial charge is 0.339 e. The van der Waals surface area contributed by atoms with E-state index in [0.29, 0.717) is 11.3 Å². The molecule has 39 heavy (non-hydrogen) atoms. The summed E-state index contributed by atoms with van der Waals surface area (Å²) in [4.78, 5) is 27.7. The number of aromatic nitrogens is 1. The van der Waals surface area contributed by atoms with E-state index in [1.54, 1.807) is 0 Å². The van der Waals surface area contributed by atoms with Crippen LogP contribution in [0.1, 0.15) is 12.5 Å². The molecular weight excluding hydrogens is 584 g/mol. The first-order valence-corrected chi connectivity index (χ1v) is 14.7. The predicted molar refractivity (Wildman–Crippen MR) is 153 cm³/mol. The predicted octanol–water partition coefficient (Wildman–Crippen LogP) is 4.93. The molecule has 0 aliphatic rings. The van der Waals surface area contributed by atoms with Crippen LogP contribution >= 0.6 is 34.7 Å². The molecule has 0 atom stereocenters. The number of carbonyl (C=O) groups is 2. The number of fused-ring (bicyclic) bond motifs is 1. The van der Waals surface area contributed by atoms with E-state index in [1.165, 1.54) is 79.7 Å². The Hall–Kier alpha value is -3.65. The maximum atomic E-state index is 12.8. The third-order valence-corrected chi connectivity index (χ3v) is 8.61. The summed E-state index contributed by atoms with van der Waals surface area (Å²) in [5, 5.41) is 6.44. The van der Waals surface area contributed by atoms with Crippen molar-refractivity contribution in [2.75, 3.05) is 18.2 Å². The van der Waals surface area contributed by atoms with E-state index in [0.717, 1.165) is 14.6 Å². The fourth-order valence-corrected chi connectivity index (χ4v) is 6.33. The van der Waals surface area contributed by atoms with Crippen molar-refractivity contribution in [2.24, 2.45) is 5.10 Å². The molecule has 14 heteroatoms. The molecule has 1 heterocycles. The number of halogens is 1. The molecule has 1 aromatic heterocycles. The summed E-state index contributed by atoms with van der Waals surface area (Å²) < 4.78 is 38.0. The number of nitrogens with one attached hydrogen (secondary N) is 2. The number of hydrogen-bond donors (Lipinski definition) is 2. The van der Waals surface area contributed by atoms with Crippen molar-refractivity contribution in [1.29, 1.82) is 0 Å². The van der Waals surface area contributed by atoms with E-state index in [2.05, 4.69) is 20.8 Å². The number of thioether (sulfide) groups is 1. The van der Waals surface area contributed by atoms with Crippen LogP contribution in [0.15, 0.2) is 75.0 Å². The van der Waals surface area contributed by atoms with Gasteiger partial charge in [-0.2, -0.15) is 13.5 Å². The number of hydrogen-bond acceptors (Lipinski definition) is 10. The zero-order chi connectivity index (χ0) is 28.0. The summed E-state index contributed by atoms with van der Waals surface area (Å²) in [5.74, 6) is -0.662. The largest absolute Gasteiger partial charge is 0.493 e. The molecule has 0 radical (unpaired) electrons. The van der Waals surface area contributed by atoms with Gasteiger partial charge in [-0.1, -0.05) is 35.5 Å². The van der Waals surface area contributed by atoms with E-state index in [1.807, 2.05) is 24.3 Å². The number of carbonyl (C=O) groups excluding carboxylic acids is 2. The second kappa shape index (κ2) is 12.5. The summed E-state index contributed by atoms with van der Waals surface area (Å²) in [5.41, 5.74) is 4.18. The first-order chi connectivity index (χ1) is 18.6. The number of anilines is 1. The van der Waals surface area contributed by atoms with Gasteiger partial charge in [0.2, 0.25) is 11.7 Å². The summed E-state index contributed by atoms with van der Waals surface area (Å²) in [7, 11) is -2.94. The number of ether oxygens (including phenoxy) is 1. The van der Waals surface area contributed by atoms with Gasteiger partial charge in [0.15, 0.2) is 10.1 Å². The third-order valence-electron chi connectivity index (χ3n) is 4.91. The molecule has 3 aromatic carbocycles. The molecule has 0 fully saturated rings. The Morgan fingerprint density at radius 2 is 1.90 bits per heavy atom. The van der Waals surface area contributed by atoms with E-state index >= 15 is 0 Å². The highest BCUT2D eigenvalue weighted by Gasteiger charge is 2.22. The van der Waals surface area contributed by atoms with Gasteiger partial charge in [0, 0.05) is 12.6 Å². The van der Waals surface area contributed by atoms with Crippen molar-refractivity contribution in [1.82, 2.24) is 10.4 Å². The second-order valence-electron chi connectivity index (χ2n) is 7.81. The standard InChI is InChI=1S/C25H21ClN4O6S3/c1-15(31)28-17-7-9-18(10-8-17)39(33,34)36-24-19(26)11-16(12-21(24)35-2)13-27-30-23(32)14-37-25-29-20-5-3-4-6-22(20)38-25/h3-13H,14H2,1-2H3,(H,28,31)(H,30,32)/b27-13+. The molecule has 0 saturated carbocycles. The lowest BCUT2D eigenvalue weighted by atomic mass is 10.2. The van der Waals surface area contributed by atoms with Gasteiger partial charge in [-0.15, -0.1) is 11.3 Å². The molecule has 0 spiro atoms. The Bertz CT molecular complexity index is 1620. The van der Waals surface area contributed by atoms with Crippen LogP contribution in [0.5, 0.6) is 11.5 Å². The van der Waals surface area contributed by atoms with E-state index in [9.17, 15) is 18.0 Å². The van der Waals surface area contributed by atoms with E-state index in [4.69, 9.17) is 20.5 Å².